The second-order valence-corrected chi connectivity index (χ2v) is 15.8. The second-order valence-electron chi connectivity index (χ2n) is 15.8. The molecule has 0 aromatic heterocycles. The number of para-hydroxylation sites is 2. The Bertz CT molecular complexity index is 2480. The number of hydrogen-bond acceptors (Lipinski definition) is 1. The van der Waals surface area contributed by atoms with Crippen LogP contribution in [0.15, 0.2) is 158 Å². The van der Waals surface area contributed by atoms with Crippen LogP contribution in [0.3, 0.4) is 0 Å². The molecule has 1 heteroatoms. The van der Waals surface area contributed by atoms with Gasteiger partial charge in [-0.15, -0.1) is 0 Å². The van der Waals surface area contributed by atoms with Crippen LogP contribution in [0.1, 0.15) is 74.9 Å². The van der Waals surface area contributed by atoms with Crippen molar-refractivity contribution in [3.05, 3.63) is 192 Å². The predicted molar refractivity (Wildman–Crippen MR) is 232 cm³/mol. The summed E-state index contributed by atoms with van der Waals surface area (Å²) in [6.07, 6.45) is 8.59. The van der Waals surface area contributed by atoms with E-state index in [2.05, 4.69) is 210 Å². The Morgan fingerprint density at radius 2 is 1.09 bits per heavy atom. The molecule has 0 amide bonds. The largest absolute Gasteiger partial charge is 0.309 e. The highest BCUT2D eigenvalue weighted by molar-refractivity contribution is 6.22. The molecule has 0 atom stereocenters. The molecule has 53 heavy (non-hydrogen) atoms. The van der Waals surface area contributed by atoms with Crippen molar-refractivity contribution in [1.29, 1.82) is 0 Å². The van der Waals surface area contributed by atoms with Crippen molar-refractivity contribution >= 4 is 56.3 Å². The number of fused-ring (bicyclic) bond motifs is 4. The Kier molecular flexibility index (Phi) is 8.54. The van der Waals surface area contributed by atoms with Gasteiger partial charge in [-0.1, -0.05) is 193 Å². The molecule has 1 nitrogen and oxygen atoms in total. The van der Waals surface area contributed by atoms with Gasteiger partial charge in [-0.05, 0) is 85.3 Å². The number of rotatable bonds is 6. The van der Waals surface area contributed by atoms with Crippen LogP contribution in [-0.4, -0.2) is 0 Å². The van der Waals surface area contributed by atoms with E-state index < -0.39 is 0 Å². The van der Waals surface area contributed by atoms with Crippen LogP contribution >= 0.6 is 0 Å². The monoisotopic (exact) mass is 685 g/mol. The third-order valence-electron chi connectivity index (χ3n) is 11.0. The summed E-state index contributed by atoms with van der Waals surface area (Å²) in [6.45, 7) is 17.9. The van der Waals surface area contributed by atoms with E-state index >= 15 is 0 Å². The predicted octanol–water partition coefficient (Wildman–Crippen LogP) is 14.8. The maximum atomic E-state index is 4.33. The molecule has 0 fully saturated rings. The first-order valence-electron chi connectivity index (χ1n) is 18.8. The molecule has 1 aliphatic heterocycles. The van der Waals surface area contributed by atoms with Gasteiger partial charge in [0.05, 0.1) is 17.1 Å². The van der Waals surface area contributed by atoms with E-state index in [9.17, 15) is 0 Å². The van der Waals surface area contributed by atoms with Crippen molar-refractivity contribution in [2.24, 2.45) is 0 Å². The maximum Gasteiger partial charge on any atom is 0.0619 e. The van der Waals surface area contributed by atoms with E-state index in [1.165, 1.54) is 83.1 Å². The highest BCUT2D eigenvalue weighted by atomic mass is 15.2. The average molecular weight is 686 g/mol. The van der Waals surface area contributed by atoms with Crippen molar-refractivity contribution in [3.8, 4) is 11.1 Å². The molecule has 7 aromatic rings. The van der Waals surface area contributed by atoms with Gasteiger partial charge in [0.2, 0.25) is 0 Å². The summed E-state index contributed by atoms with van der Waals surface area (Å²) >= 11 is 0. The van der Waals surface area contributed by atoms with Gasteiger partial charge in [0, 0.05) is 16.2 Å². The first-order valence-corrected chi connectivity index (χ1v) is 18.8. The molecule has 1 heterocycles. The van der Waals surface area contributed by atoms with Crippen molar-refractivity contribution in [3.63, 3.8) is 0 Å². The molecule has 7 aromatic carbocycles. The number of nitrogens with zero attached hydrogens (tertiary/aromatic N) is 1. The van der Waals surface area contributed by atoms with Gasteiger partial charge in [-0.2, -0.15) is 0 Å². The van der Waals surface area contributed by atoms with Crippen LogP contribution in [-0.2, 0) is 10.8 Å². The van der Waals surface area contributed by atoms with Crippen LogP contribution in [0, 0.1) is 0 Å². The third kappa shape index (κ3) is 5.91. The lowest BCUT2D eigenvalue weighted by molar-refractivity contribution is 0.588. The number of benzene rings is 7. The first kappa shape index (κ1) is 34.2. The Labute approximate surface area is 315 Å². The van der Waals surface area contributed by atoms with E-state index in [1.54, 1.807) is 0 Å². The highest BCUT2D eigenvalue weighted by Crippen LogP contribution is 2.55. The minimum absolute atomic E-state index is 0.00378. The summed E-state index contributed by atoms with van der Waals surface area (Å²) in [5.41, 5.74) is 14.7. The normalized spacial score (nSPS) is 13.9. The third-order valence-corrected chi connectivity index (χ3v) is 11.0. The van der Waals surface area contributed by atoms with E-state index in [0.29, 0.717) is 0 Å². The van der Waals surface area contributed by atoms with Crippen molar-refractivity contribution in [2.45, 2.75) is 52.4 Å². The van der Waals surface area contributed by atoms with Crippen molar-refractivity contribution in [2.75, 3.05) is 4.90 Å². The molecular weight excluding hydrogens is 639 g/mol. The summed E-state index contributed by atoms with van der Waals surface area (Å²) in [7, 11) is 0. The van der Waals surface area contributed by atoms with Gasteiger partial charge in [-0.25, -0.2) is 0 Å². The maximum absolute atomic E-state index is 4.33. The fourth-order valence-electron chi connectivity index (χ4n) is 8.38. The molecule has 0 saturated carbocycles. The van der Waals surface area contributed by atoms with E-state index in [-0.39, 0.29) is 10.8 Å². The van der Waals surface area contributed by atoms with Crippen LogP contribution in [0.4, 0.5) is 17.1 Å². The molecule has 260 valence electrons. The molecule has 8 rings (SSSR count). The summed E-state index contributed by atoms with van der Waals surface area (Å²) in [6, 6.07) is 51.5. The Morgan fingerprint density at radius 1 is 0.604 bits per heavy atom. The summed E-state index contributed by atoms with van der Waals surface area (Å²) < 4.78 is 0. The zero-order valence-electron chi connectivity index (χ0n) is 31.7. The Morgan fingerprint density at radius 3 is 1.64 bits per heavy atom. The van der Waals surface area contributed by atoms with Crippen LogP contribution < -0.4 is 4.90 Å². The molecule has 0 saturated heterocycles. The molecule has 0 radical (unpaired) electrons. The van der Waals surface area contributed by atoms with Gasteiger partial charge >= 0.3 is 0 Å². The van der Waals surface area contributed by atoms with Crippen LogP contribution in [0.25, 0.3) is 50.4 Å². The van der Waals surface area contributed by atoms with E-state index in [0.717, 1.165) is 5.57 Å². The number of anilines is 3. The van der Waals surface area contributed by atoms with Gasteiger partial charge in [0.15, 0.2) is 0 Å². The second kappa shape index (κ2) is 13.2. The highest BCUT2D eigenvalue weighted by Gasteiger charge is 2.37. The fraction of sp³-hybridized carbons (Fsp3) is 0.154. The minimum atomic E-state index is -0.120. The smallest absolute Gasteiger partial charge is 0.0619 e. The Hall–Kier alpha value is -5.92. The lowest BCUT2D eigenvalue weighted by Gasteiger charge is -2.42. The van der Waals surface area contributed by atoms with Crippen molar-refractivity contribution in [1.82, 2.24) is 0 Å². The van der Waals surface area contributed by atoms with Gasteiger partial charge in [0.1, 0.15) is 0 Å². The average Bonchev–Trinajstić information content (AvgIpc) is 3.17. The molecule has 0 unspecified atom stereocenters. The molecular formula is C52H47N. The summed E-state index contributed by atoms with van der Waals surface area (Å²) in [5, 5.41) is 4.98. The minimum Gasteiger partial charge on any atom is -0.309 e. The van der Waals surface area contributed by atoms with Gasteiger partial charge in [0.25, 0.3) is 0 Å². The van der Waals surface area contributed by atoms with Gasteiger partial charge < -0.3 is 4.90 Å². The SMILES string of the molecule is C=C(/C=C\C)c1ccc(/C=C/c2ccc(-c3c4ccccc4c(N4c5ccccc5C(C)(C)c5ccccc54)c4ccccc34)cc2)cc1C(C)(C)C. The zero-order valence-corrected chi connectivity index (χ0v) is 31.7. The zero-order chi connectivity index (χ0) is 36.9. The first-order chi connectivity index (χ1) is 25.6. The van der Waals surface area contributed by atoms with Crippen LogP contribution in [0.2, 0.25) is 0 Å². The van der Waals surface area contributed by atoms with Crippen LogP contribution in [0.5, 0.6) is 0 Å². The molecule has 0 N–H and O–H groups in total. The van der Waals surface area contributed by atoms with E-state index in [4.69, 9.17) is 0 Å². The number of allylic oxidation sites excluding steroid dienone is 3. The number of hydrogen-bond donors (Lipinski definition) is 0. The van der Waals surface area contributed by atoms with Crippen molar-refractivity contribution < 1.29 is 0 Å². The summed E-state index contributed by atoms with van der Waals surface area (Å²) in [4.78, 5) is 2.52. The fourth-order valence-corrected chi connectivity index (χ4v) is 8.38. The topological polar surface area (TPSA) is 3.24 Å². The standard InChI is InChI=1S/C52H47N/c1-8-17-35(2)39-33-30-37(34-46(39)51(3,4)5)27-26-36-28-31-38(32-29-36)49-40-18-9-11-20-42(40)50(43-21-12-10-19-41(43)49)53-47-24-15-13-22-44(47)52(6,7)45-23-14-16-25-48(45)53/h8-34H,2H2,1,3-7H3/b17-8-,27-26+. The van der Waals surface area contributed by atoms with E-state index in [1.807, 2.05) is 6.92 Å². The molecule has 1 aliphatic rings. The molecule has 0 spiro atoms. The lowest BCUT2D eigenvalue weighted by Crippen LogP contribution is -2.30. The van der Waals surface area contributed by atoms with Gasteiger partial charge in [-0.3, -0.25) is 0 Å². The molecule has 0 aliphatic carbocycles. The molecule has 0 bridgehead atoms. The quantitative estimate of drug-likeness (QED) is 0.0957. The summed E-state index contributed by atoms with van der Waals surface area (Å²) in [5.74, 6) is 0. The lowest BCUT2D eigenvalue weighted by atomic mass is 9.73. The Balaban J connectivity index is 1.24.